The Balaban J connectivity index is 2.63. The third-order valence-electron chi connectivity index (χ3n) is 2.88. The minimum Gasteiger partial charge on any atom is -0.383 e. The largest absolute Gasteiger partial charge is 0.383 e. The highest BCUT2D eigenvalue weighted by Crippen LogP contribution is 2.09. The van der Waals surface area contributed by atoms with Gasteiger partial charge < -0.3 is 9.64 Å². The summed E-state index contributed by atoms with van der Waals surface area (Å²) >= 11 is 3.38. The molecule has 0 aliphatic rings. The number of hydrogen-bond donors (Lipinski definition) is 0. The van der Waals surface area contributed by atoms with E-state index in [1.807, 2.05) is 36.1 Å². The fourth-order valence-corrected chi connectivity index (χ4v) is 2.18. The molecule has 1 rings (SSSR count). The molecule has 0 fully saturated rings. The lowest BCUT2D eigenvalue weighted by atomic mass is 10.1. The van der Waals surface area contributed by atoms with Gasteiger partial charge in [0.15, 0.2) is 0 Å². The summed E-state index contributed by atoms with van der Waals surface area (Å²) in [7, 11) is 1.65. The monoisotopic (exact) mass is 313 g/mol. The van der Waals surface area contributed by atoms with Crippen molar-refractivity contribution >= 4 is 21.8 Å². The molecular weight excluding hydrogens is 294 g/mol. The highest BCUT2D eigenvalue weighted by atomic mass is 79.9. The molecule has 0 N–H and O–H groups in total. The molecule has 1 aromatic rings. The average Bonchev–Trinajstić information content (AvgIpc) is 2.37. The molecule has 0 aromatic heterocycles. The van der Waals surface area contributed by atoms with E-state index in [0.717, 1.165) is 16.5 Å². The van der Waals surface area contributed by atoms with Gasteiger partial charge in [0.25, 0.3) is 0 Å². The van der Waals surface area contributed by atoms with Crippen molar-refractivity contribution in [2.24, 2.45) is 0 Å². The molecular formula is C14H20BrNO2. The lowest BCUT2D eigenvalue weighted by molar-refractivity contribution is -0.130. The standard InChI is InChI=1S/C14H20BrNO2/c1-12-5-3-4-6-13(12)11-14(17)16(8-7-15)9-10-18-2/h3-6H,7-11H2,1-2H3. The second kappa shape index (κ2) is 8.27. The predicted molar refractivity (Wildman–Crippen MR) is 77.1 cm³/mol. The fourth-order valence-electron chi connectivity index (χ4n) is 1.75. The molecule has 18 heavy (non-hydrogen) atoms. The lowest BCUT2D eigenvalue weighted by Gasteiger charge is -2.21. The smallest absolute Gasteiger partial charge is 0.227 e. The van der Waals surface area contributed by atoms with Gasteiger partial charge in [0.05, 0.1) is 13.0 Å². The highest BCUT2D eigenvalue weighted by molar-refractivity contribution is 9.09. The quantitative estimate of drug-likeness (QED) is 0.723. The molecule has 0 aliphatic carbocycles. The summed E-state index contributed by atoms with van der Waals surface area (Å²) in [5.74, 6) is 0.154. The van der Waals surface area contributed by atoms with E-state index in [2.05, 4.69) is 15.9 Å². The van der Waals surface area contributed by atoms with Crippen LogP contribution in [0.15, 0.2) is 24.3 Å². The minimum atomic E-state index is 0.154. The summed E-state index contributed by atoms with van der Waals surface area (Å²) in [4.78, 5) is 14.0. The number of benzene rings is 1. The molecule has 0 unspecified atom stereocenters. The first-order valence-corrected chi connectivity index (χ1v) is 7.18. The molecule has 100 valence electrons. The molecule has 4 heteroatoms. The van der Waals surface area contributed by atoms with E-state index in [4.69, 9.17) is 4.74 Å². The molecule has 0 bridgehead atoms. The number of carbonyl (C=O) groups excluding carboxylic acids is 1. The van der Waals surface area contributed by atoms with Gasteiger partial charge in [-0.15, -0.1) is 0 Å². The Labute approximate surface area is 117 Å². The number of rotatable bonds is 7. The number of nitrogens with zero attached hydrogens (tertiary/aromatic N) is 1. The van der Waals surface area contributed by atoms with Gasteiger partial charge in [0.2, 0.25) is 5.91 Å². The highest BCUT2D eigenvalue weighted by Gasteiger charge is 2.13. The van der Waals surface area contributed by atoms with Gasteiger partial charge >= 0.3 is 0 Å². The van der Waals surface area contributed by atoms with Crippen LogP contribution >= 0.6 is 15.9 Å². The molecule has 3 nitrogen and oxygen atoms in total. The maximum Gasteiger partial charge on any atom is 0.227 e. The Kier molecular flexibility index (Phi) is 6.98. The summed E-state index contributed by atoms with van der Waals surface area (Å²) in [6.07, 6.45) is 0.462. The van der Waals surface area contributed by atoms with Crippen LogP contribution in [0.3, 0.4) is 0 Å². The molecule has 0 heterocycles. The summed E-state index contributed by atoms with van der Waals surface area (Å²) in [6.45, 7) is 3.97. The van der Waals surface area contributed by atoms with Crippen LogP contribution in [0.1, 0.15) is 11.1 Å². The minimum absolute atomic E-state index is 0.154. The van der Waals surface area contributed by atoms with Crippen LogP contribution in [0.25, 0.3) is 0 Å². The summed E-state index contributed by atoms with van der Waals surface area (Å²) < 4.78 is 5.03. The maximum atomic E-state index is 12.2. The molecule has 1 aromatic carbocycles. The third kappa shape index (κ3) is 4.78. The SMILES string of the molecule is COCCN(CCBr)C(=O)Cc1ccccc1C. The van der Waals surface area contributed by atoms with E-state index in [-0.39, 0.29) is 5.91 Å². The van der Waals surface area contributed by atoms with E-state index >= 15 is 0 Å². The van der Waals surface area contributed by atoms with E-state index < -0.39 is 0 Å². The van der Waals surface area contributed by atoms with Gasteiger partial charge in [0.1, 0.15) is 0 Å². The van der Waals surface area contributed by atoms with E-state index in [1.54, 1.807) is 7.11 Å². The molecule has 0 saturated carbocycles. The van der Waals surface area contributed by atoms with Crippen molar-refractivity contribution in [3.63, 3.8) is 0 Å². The number of hydrogen-bond acceptors (Lipinski definition) is 2. The fraction of sp³-hybridized carbons (Fsp3) is 0.500. The van der Waals surface area contributed by atoms with Crippen LogP contribution in [0.5, 0.6) is 0 Å². The average molecular weight is 314 g/mol. The zero-order valence-corrected chi connectivity index (χ0v) is 12.6. The Morgan fingerprint density at radius 2 is 2.06 bits per heavy atom. The van der Waals surface area contributed by atoms with Crippen molar-refractivity contribution < 1.29 is 9.53 Å². The van der Waals surface area contributed by atoms with E-state index in [0.29, 0.717) is 26.1 Å². The van der Waals surface area contributed by atoms with E-state index in [1.165, 1.54) is 0 Å². The molecule has 0 saturated heterocycles. The van der Waals surface area contributed by atoms with Crippen LogP contribution < -0.4 is 0 Å². The zero-order chi connectivity index (χ0) is 13.4. The van der Waals surface area contributed by atoms with Crippen molar-refractivity contribution in [1.82, 2.24) is 4.90 Å². The first-order valence-electron chi connectivity index (χ1n) is 6.06. The van der Waals surface area contributed by atoms with Crippen molar-refractivity contribution in [1.29, 1.82) is 0 Å². The lowest BCUT2D eigenvalue weighted by Crippen LogP contribution is -2.36. The van der Waals surface area contributed by atoms with Gasteiger partial charge in [-0.3, -0.25) is 4.79 Å². The molecule has 0 aliphatic heterocycles. The van der Waals surface area contributed by atoms with Crippen LogP contribution in [0, 0.1) is 6.92 Å². The van der Waals surface area contributed by atoms with Crippen molar-refractivity contribution in [3.8, 4) is 0 Å². The number of aryl methyl sites for hydroxylation is 1. The Bertz CT molecular complexity index is 382. The Morgan fingerprint density at radius 1 is 1.33 bits per heavy atom. The van der Waals surface area contributed by atoms with Gasteiger partial charge in [-0.25, -0.2) is 0 Å². The topological polar surface area (TPSA) is 29.5 Å². The van der Waals surface area contributed by atoms with Gasteiger partial charge in [0, 0.05) is 25.5 Å². The van der Waals surface area contributed by atoms with E-state index in [9.17, 15) is 4.79 Å². The second-order valence-corrected chi connectivity index (χ2v) is 4.96. The summed E-state index contributed by atoms with van der Waals surface area (Å²) in [6, 6.07) is 8.01. The zero-order valence-electron chi connectivity index (χ0n) is 11.0. The number of methoxy groups -OCH3 is 1. The van der Waals surface area contributed by atoms with Crippen LogP contribution in [0.2, 0.25) is 0 Å². The van der Waals surface area contributed by atoms with Crippen LogP contribution in [0.4, 0.5) is 0 Å². The van der Waals surface area contributed by atoms with Gasteiger partial charge in [-0.2, -0.15) is 0 Å². The summed E-state index contributed by atoms with van der Waals surface area (Å²) in [5.41, 5.74) is 2.26. The number of ether oxygens (including phenoxy) is 1. The second-order valence-electron chi connectivity index (χ2n) is 4.17. The normalized spacial score (nSPS) is 10.4. The van der Waals surface area contributed by atoms with Crippen LogP contribution in [-0.2, 0) is 16.0 Å². The Morgan fingerprint density at radius 3 is 2.67 bits per heavy atom. The molecule has 1 amide bonds. The van der Waals surface area contributed by atoms with Gasteiger partial charge in [-0.05, 0) is 18.1 Å². The number of amides is 1. The maximum absolute atomic E-state index is 12.2. The molecule has 0 spiro atoms. The molecule has 0 radical (unpaired) electrons. The first kappa shape index (κ1) is 15.2. The van der Waals surface area contributed by atoms with Crippen molar-refractivity contribution in [3.05, 3.63) is 35.4 Å². The van der Waals surface area contributed by atoms with Gasteiger partial charge in [-0.1, -0.05) is 40.2 Å². The predicted octanol–water partition coefficient (Wildman–Crippen LogP) is 2.41. The number of halogens is 1. The summed E-state index contributed by atoms with van der Waals surface area (Å²) in [5, 5.41) is 0.788. The van der Waals surface area contributed by atoms with Crippen LogP contribution in [-0.4, -0.2) is 42.9 Å². The van der Waals surface area contributed by atoms with Crippen molar-refractivity contribution in [2.45, 2.75) is 13.3 Å². The third-order valence-corrected chi connectivity index (χ3v) is 3.23. The number of carbonyl (C=O) groups is 1. The first-order chi connectivity index (χ1) is 8.69. The molecule has 0 atom stereocenters. The van der Waals surface area contributed by atoms with Crippen molar-refractivity contribution in [2.75, 3.05) is 32.1 Å². The Hall–Kier alpha value is -0.870. The number of alkyl halides is 1.